The van der Waals surface area contributed by atoms with Crippen molar-refractivity contribution in [2.24, 2.45) is 0 Å². The Hall–Kier alpha value is -0.820. The molecule has 0 aliphatic rings. The van der Waals surface area contributed by atoms with Crippen LogP contribution in [0.15, 0.2) is 39.2 Å². The highest BCUT2D eigenvalue weighted by Crippen LogP contribution is 2.22. The molecule has 0 saturated heterocycles. The third-order valence-electron chi connectivity index (χ3n) is 2.63. The average Bonchev–Trinajstić information content (AvgIpc) is 3.06. The highest BCUT2D eigenvalue weighted by molar-refractivity contribution is 7.89. The molecule has 2 heterocycles. The quantitative estimate of drug-likeness (QED) is 0.768. The summed E-state index contributed by atoms with van der Waals surface area (Å²) in [6.45, 7) is 2.54. The van der Waals surface area contributed by atoms with Crippen molar-refractivity contribution in [2.45, 2.75) is 24.4 Å². The molecule has 0 aliphatic heterocycles. The summed E-state index contributed by atoms with van der Waals surface area (Å²) in [7, 11) is -3.60. The lowest BCUT2D eigenvalue weighted by molar-refractivity contribution is 0.377. The van der Waals surface area contributed by atoms with Gasteiger partial charge in [-0.1, -0.05) is 13.0 Å². The second kappa shape index (κ2) is 6.09. The van der Waals surface area contributed by atoms with Crippen LogP contribution >= 0.6 is 22.9 Å². The van der Waals surface area contributed by atoms with Crippen LogP contribution in [0.3, 0.4) is 0 Å². The summed E-state index contributed by atoms with van der Waals surface area (Å²) in [4.78, 5) is 0.995. The first kappa shape index (κ1) is 14.6. The maximum absolute atomic E-state index is 12.4. The van der Waals surface area contributed by atoms with Crippen LogP contribution < -0.4 is 0 Å². The SMILES string of the molecule is CCN(Cc1cccs1)S(=O)(=O)c1ccc(CCl)o1. The molecule has 0 saturated carbocycles. The molecule has 2 aromatic heterocycles. The molecule has 0 bridgehead atoms. The molecule has 4 nitrogen and oxygen atoms in total. The third-order valence-corrected chi connectivity index (χ3v) is 5.55. The molecule has 7 heteroatoms. The van der Waals surface area contributed by atoms with Crippen molar-refractivity contribution in [3.8, 4) is 0 Å². The molecule has 0 atom stereocenters. The first-order valence-electron chi connectivity index (χ1n) is 5.75. The van der Waals surface area contributed by atoms with Crippen LogP contribution in [0.2, 0.25) is 0 Å². The second-order valence-corrected chi connectivity index (χ2v) is 7.03. The van der Waals surface area contributed by atoms with Crippen LogP contribution in [-0.4, -0.2) is 19.3 Å². The van der Waals surface area contributed by atoms with Gasteiger partial charge in [0.1, 0.15) is 5.76 Å². The smallest absolute Gasteiger partial charge is 0.276 e. The monoisotopic (exact) mass is 319 g/mol. The number of hydrogen-bond donors (Lipinski definition) is 0. The first-order valence-corrected chi connectivity index (χ1v) is 8.60. The lowest BCUT2D eigenvalue weighted by Crippen LogP contribution is -2.29. The van der Waals surface area contributed by atoms with E-state index in [0.717, 1.165) is 4.88 Å². The maximum atomic E-state index is 12.4. The zero-order valence-corrected chi connectivity index (χ0v) is 12.8. The van der Waals surface area contributed by atoms with E-state index in [1.165, 1.54) is 21.7 Å². The van der Waals surface area contributed by atoms with E-state index < -0.39 is 10.0 Å². The van der Waals surface area contributed by atoms with E-state index in [0.29, 0.717) is 18.8 Å². The fourth-order valence-electron chi connectivity index (χ4n) is 1.64. The van der Waals surface area contributed by atoms with Crippen molar-refractivity contribution in [1.29, 1.82) is 0 Å². The maximum Gasteiger partial charge on any atom is 0.276 e. The number of nitrogens with zero attached hydrogens (tertiary/aromatic N) is 1. The Bertz CT molecular complexity index is 619. The molecule has 0 spiro atoms. The minimum Gasteiger partial charge on any atom is -0.447 e. The van der Waals surface area contributed by atoms with Gasteiger partial charge >= 0.3 is 0 Å². The molecule has 104 valence electrons. The molecule has 0 amide bonds. The van der Waals surface area contributed by atoms with Crippen LogP contribution in [0.25, 0.3) is 0 Å². The fraction of sp³-hybridized carbons (Fsp3) is 0.333. The van der Waals surface area contributed by atoms with Crippen molar-refractivity contribution in [3.05, 3.63) is 40.3 Å². The van der Waals surface area contributed by atoms with E-state index >= 15 is 0 Å². The third kappa shape index (κ3) is 3.20. The molecule has 19 heavy (non-hydrogen) atoms. The van der Waals surface area contributed by atoms with Crippen LogP contribution in [0.4, 0.5) is 0 Å². The fourth-order valence-corrected chi connectivity index (χ4v) is 3.94. The van der Waals surface area contributed by atoms with Gasteiger partial charge in [0, 0.05) is 18.0 Å². The largest absolute Gasteiger partial charge is 0.447 e. The van der Waals surface area contributed by atoms with Gasteiger partial charge in [0.2, 0.25) is 5.09 Å². The standard InChI is InChI=1S/C12H14ClNO3S2/c1-2-14(9-11-4-3-7-18-11)19(15,16)12-6-5-10(8-13)17-12/h3-7H,2,8-9H2,1H3. The number of halogens is 1. The summed E-state index contributed by atoms with van der Waals surface area (Å²) < 4.78 is 31.5. The first-order chi connectivity index (χ1) is 9.07. The lowest BCUT2D eigenvalue weighted by atomic mass is 10.4. The van der Waals surface area contributed by atoms with E-state index in [1.54, 1.807) is 13.0 Å². The molecular weight excluding hydrogens is 306 g/mol. The normalized spacial score (nSPS) is 12.2. The Kier molecular flexibility index (Phi) is 4.67. The minimum atomic E-state index is -3.60. The number of hydrogen-bond acceptors (Lipinski definition) is 4. The highest BCUT2D eigenvalue weighted by Gasteiger charge is 2.26. The van der Waals surface area contributed by atoms with E-state index in [4.69, 9.17) is 16.0 Å². The van der Waals surface area contributed by atoms with Gasteiger partial charge < -0.3 is 4.42 Å². The molecule has 0 aliphatic carbocycles. The van der Waals surface area contributed by atoms with Crippen molar-refractivity contribution in [3.63, 3.8) is 0 Å². The van der Waals surface area contributed by atoms with E-state index in [-0.39, 0.29) is 11.0 Å². The van der Waals surface area contributed by atoms with Crippen LogP contribution in [0.1, 0.15) is 17.6 Å². The van der Waals surface area contributed by atoms with E-state index in [9.17, 15) is 8.42 Å². The molecule has 0 aromatic carbocycles. The molecule has 2 aromatic rings. The zero-order valence-electron chi connectivity index (χ0n) is 10.4. The lowest BCUT2D eigenvalue weighted by Gasteiger charge is -2.17. The van der Waals surface area contributed by atoms with Gasteiger partial charge in [-0.15, -0.1) is 22.9 Å². The Balaban J connectivity index is 2.25. The number of rotatable bonds is 6. The molecular formula is C12H14ClNO3S2. The van der Waals surface area contributed by atoms with Gasteiger partial charge in [0.25, 0.3) is 10.0 Å². The molecule has 2 rings (SSSR count). The van der Waals surface area contributed by atoms with E-state index in [2.05, 4.69) is 0 Å². The summed E-state index contributed by atoms with van der Waals surface area (Å²) in [5.41, 5.74) is 0. The predicted octanol–water partition coefficient (Wildman–Crippen LogP) is 3.29. The summed E-state index contributed by atoms with van der Waals surface area (Å²) >= 11 is 7.15. The van der Waals surface area contributed by atoms with Gasteiger partial charge in [-0.05, 0) is 23.6 Å². The summed E-state index contributed by atoms with van der Waals surface area (Å²) in [6, 6.07) is 6.84. The molecule has 0 fully saturated rings. The summed E-state index contributed by atoms with van der Waals surface area (Å²) in [6.07, 6.45) is 0. The molecule has 0 radical (unpaired) electrons. The number of alkyl halides is 1. The Morgan fingerprint density at radius 3 is 2.68 bits per heavy atom. The Morgan fingerprint density at radius 2 is 2.16 bits per heavy atom. The number of thiophene rings is 1. The van der Waals surface area contributed by atoms with Gasteiger partial charge in [-0.3, -0.25) is 0 Å². The second-order valence-electron chi connectivity index (χ2n) is 3.86. The summed E-state index contributed by atoms with van der Waals surface area (Å²) in [5, 5.41) is 1.87. The van der Waals surface area contributed by atoms with Gasteiger partial charge in [0.15, 0.2) is 0 Å². The Labute approximate surface area is 121 Å². The topological polar surface area (TPSA) is 50.5 Å². The van der Waals surface area contributed by atoms with Crippen LogP contribution in [0, 0.1) is 0 Å². The predicted molar refractivity (Wildman–Crippen MR) is 75.9 cm³/mol. The van der Waals surface area contributed by atoms with Gasteiger partial charge in [-0.2, -0.15) is 4.31 Å². The van der Waals surface area contributed by atoms with Crippen molar-refractivity contribution in [1.82, 2.24) is 4.31 Å². The zero-order chi connectivity index (χ0) is 13.9. The summed E-state index contributed by atoms with van der Waals surface area (Å²) in [5.74, 6) is 0.611. The van der Waals surface area contributed by atoms with Crippen LogP contribution in [0.5, 0.6) is 0 Å². The molecule has 0 unspecified atom stereocenters. The average molecular weight is 320 g/mol. The minimum absolute atomic E-state index is 0.0541. The van der Waals surface area contributed by atoms with Gasteiger partial charge in [0.05, 0.1) is 5.88 Å². The Morgan fingerprint density at radius 1 is 1.37 bits per heavy atom. The van der Waals surface area contributed by atoms with Crippen molar-refractivity contribution in [2.75, 3.05) is 6.54 Å². The van der Waals surface area contributed by atoms with E-state index in [1.807, 2.05) is 17.5 Å². The number of sulfonamides is 1. The van der Waals surface area contributed by atoms with Crippen molar-refractivity contribution < 1.29 is 12.8 Å². The van der Waals surface area contributed by atoms with Crippen molar-refractivity contribution >= 4 is 33.0 Å². The molecule has 0 N–H and O–H groups in total. The van der Waals surface area contributed by atoms with Gasteiger partial charge in [-0.25, -0.2) is 8.42 Å². The number of furan rings is 1. The van der Waals surface area contributed by atoms with Crippen LogP contribution in [-0.2, 0) is 22.4 Å². The highest BCUT2D eigenvalue weighted by atomic mass is 35.5.